The highest BCUT2D eigenvalue weighted by atomic mass is 35.7. The summed E-state index contributed by atoms with van der Waals surface area (Å²) < 4.78 is 33.2. The Hall–Kier alpha value is 0.160. The summed E-state index contributed by atoms with van der Waals surface area (Å²) in [6.45, 7) is 6.74. The third kappa shape index (κ3) is 6.92. The van der Waals surface area contributed by atoms with E-state index in [1.165, 1.54) is 0 Å². The van der Waals surface area contributed by atoms with Crippen molar-refractivity contribution in [3.63, 3.8) is 0 Å². The maximum Gasteiger partial charge on any atom is 0.232 e. The van der Waals surface area contributed by atoms with E-state index in [2.05, 4.69) is 0 Å². The van der Waals surface area contributed by atoms with Crippen LogP contribution < -0.4 is 0 Å². The van der Waals surface area contributed by atoms with E-state index >= 15 is 0 Å². The Morgan fingerprint density at radius 2 is 1.94 bits per heavy atom. The van der Waals surface area contributed by atoms with Gasteiger partial charge in [-0.1, -0.05) is 13.8 Å². The highest BCUT2D eigenvalue weighted by Crippen LogP contribution is 2.19. The van der Waals surface area contributed by atoms with Crippen LogP contribution in [-0.4, -0.2) is 40.6 Å². The van der Waals surface area contributed by atoms with Crippen molar-refractivity contribution in [3.05, 3.63) is 0 Å². The fourth-order valence-electron chi connectivity index (χ4n) is 1.99. The van der Waals surface area contributed by atoms with Gasteiger partial charge in [-0.15, -0.1) is 0 Å². The van der Waals surface area contributed by atoms with E-state index in [0.29, 0.717) is 19.1 Å². The highest BCUT2D eigenvalue weighted by molar-refractivity contribution is 8.13. The molecule has 108 valence electrons. The molecular weight excluding hydrogens is 276 g/mol. The van der Waals surface area contributed by atoms with Gasteiger partial charge in [-0.2, -0.15) is 0 Å². The maximum atomic E-state index is 11.1. The summed E-state index contributed by atoms with van der Waals surface area (Å²) in [5.41, 5.74) is 0. The summed E-state index contributed by atoms with van der Waals surface area (Å²) in [6.07, 6.45) is 2.06. The predicted molar refractivity (Wildman–Crippen MR) is 72.3 cm³/mol. The largest absolute Gasteiger partial charge is 0.381 e. The molecule has 18 heavy (non-hydrogen) atoms. The van der Waals surface area contributed by atoms with Crippen LogP contribution in [0.5, 0.6) is 0 Å². The first-order valence-corrected chi connectivity index (χ1v) is 8.94. The number of ether oxygens (including phenoxy) is 2. The normalized spacial score (nSPS) is 20.2. The molecule has 4 nitrogen and oxygen atoms in total. The maximum absolute atomic E-state index is 11.1. The van der Waals surface area contributed by atoms with Gasteiger partial charge >= 0.3 is 0 Å². The predicted octanol–water partition coefficient (Wildman–Crippen LogP) is 2.27. The lowest BCUT2D eigenvalue weighted by molar-refractivity contribution is 0.00925. The molecule has 0 bridgehead atoms. The Morgan fingerprint density at radius 3 is 2.44 bits per heavy atom. The van der Waals surface area contributed by atoms with E-state index in [4.69, 9.17) is 20.2 Å². The zero-order valence-electron chi connectivity index (χ0n) is 11.1. The minimum atomic E-state index is -3.45. The highest BCUT2D eigenvalue weighted by Gasteiger charge is 2.21. The minimum absolute atomic E-state index is 0.0139. The monoisotopic (exact) mass is 298 g/mol. The van der Waals surface area contributed by atoms with Gasteiger partial charge in [0.15, 0.2) is 0 Å². The zero-order chi connectivity index (χ0) is 13.6. The second-order valence-corrected chi connectivity index (χ2v) is 8.12. The Labute approximate surface area is 114 Å². The van der Waals surface area contributed by atoms with Gasteiger partial charge in [-0.25, -0.2) is 8.42 Å². The molecule has 1 atom stereocenters. The summed E-state index contributed by atoms with van der Waals surface area (Å²) in [5.74, 6) is 0.736. The molecule has 0 saturated carbocycles. The van der Waals surface area contributed by atoms with Gasteiger partial charge in [0, 0.05) is 30.5 Å². The van der Waals surface area contributed by atoms with Crippen LogP contribution in [0.2, 0.25) is 0 Å². The first kappa shape index (κ1) is 16.2. The molecule has 0 aliphatic carbocycles. The molecular formula is C12H23ClO4S. The summed E-state index contributed by atoms with van der Waals surface area (Å²) in [5, 5.41) is 0. The van der Waals surface area contributed by atoms with Gasteiger partial charge in [0.1, 0.15) is 0 Å². The lowest BCUT2D eigenvalue weighted by Crippen LogP contribution is -2.26. The molecule has 0 amide bonds. The molecule has 0 aromatic heterocycles. The van der Waals surface area contributed by atoms with E-state index < -0.39 is 9.05 Å². The Bertz CT molecular complexity index is 323. The number of halogens is 1. The molecule has 1 rings (SSSR count). The second kappa shape index (κ2) is 7.68. The van der Waals surface area contributed by atoms with Gasteiger partial charge in [0.25, 0.3) is 0 Å². The molecule has 1 saturated heterocycles. The Balaban J connectivity index is 2.28. The molecule has 0 spiro atoms. The van der Waals surface area contributed by atoms with Gasteiger partial charge in [-0.05, 0) is 30.6 Å². The molecule has 1 aliphatic rings. The van der Waals surface area contributed by atoms with E-state index in [9.17, 15) is 8.42 Å². The van der Waals surface area contributed by atoms with Gasteiger partial charge in [0.2, 0.25) is 9.05 Å². The molecule has 1 heterocycles. The summed E-state index contributed by atoms with van der Waals surface area (Å²) in [6, 6.07) is 0. The molecule has 0 N–H and O–H groups in total. The first-order valence-electron chi connectivity index (χ1n) is 6.46. The quantitative estimate of drug-likeness (QED) is 0.677. The van der Waals surface area contributed by atoms with Crippen molar-refractivity contribution < 1.29 is 17.9 Å². The third-order valence-corrected chi connectivity index (χ3v) is 4.59. The van der Waals surface area contributed by atoms with E-state index in [-0.39, 0.29) is 17.6 Å². The van der Waals surface area contributed by atoms with Gasteiger partial charge in [0.05, 0.1) is 12.4 Å². The summed E-state index contributed by atoms with van der Waals surface area (Å²) in [7, 11) is 1.85. The lowest BCUT2D eigenvalue weighted by Gasteiger charge is -2.24. The van der Waals surface area contributed by atoms with Crippen molar-refractivity contribution >= 4 is 19.7 Å². The Kier molecular flexibility index (Phi) is 6.92. The molecule has 0 aromatic rings. The molecule has 1 unspecified atom stereocenters. The van der Waals surface area contributed by atoms with E-state index in [1.54, 1.807) is 0 Å². The van der Waals surface area contributed by atoms with Crippen molar-refractivity contribution in [3.8, 4) is 0 Å². The van der Waals surface area contributed by atoms with Crippen LogP contribution in [0.4, 0.5) is 0 Å². The topological polar surface area (TPSA) is 52.6 Å². The van der Waals surface area contributed by atoms with Crippen LogP contribution in [0.1, 0.15) is 26.7 Å². The fourth-order valence-corrected chi connectivity index (χ4v) is 3.47. The molecule has 0 radical (unpaired) electrons. The standard InChI is InChI=1S/C12H23ClO4S/c1-10(2)12(9-18(13,14)15)8-17-7-11-3-5-16-6-4-11/h10-12H,3-9H2,1-2H3. The smallest absolute Gasteiger partial charge is 0.232 e. The van der Waals surface area contributed by atoms with Crippen LogP contribution in [-0.2, 0) is 18.5 Å². The van der Waals surface area contributed by atoms with Crippen molar-refractivity contribution in [2.45, 2.75) is 26.7 Å². The number of hydrogen-bond donors (Lipinski definition) is 0. The zero-order valence-corrected chi connectivity index (χ0v) is 12.7. The molecule has 6 heteroatoms. The fraction of sp³-hybridized carbons (Fsp3) is 1.00. The van der Waals surface area contributed by atoms with Crippen molar-refractivity contribution in [1.82, 2.24) is 0 Å². The van der Waals surface area contributed by atoms with E-state index in [1.807, 2.05) is 13.8 Å². The van der Waals surface area contributed by atoms with Crippen LogP contribution in [0.15, 0.2) is 0 Å². The average molecular weight is 299 g/mol. The SMILES string of the molecule is CC(C)C(COCC1CCOCC1)CS(=O)(=O)Cl. The van der Waals surface area contributed by atoms with Crippen molar-refractivity contribution in [2.75, 3.05) is 32.2 Å². The summed E-state index contributed by atoms with van der Waals surface area (Å²) >= 11 is 0. The average Bonchev–Trinajstić information content (AvgIpc) is 2.27. The molecule has 0 aromatic carbocycles. The van der Waals surface area contributed by atoms with E-state index in [0.717, 1.165) is 26.1 Å². The number of rotatable bonds is 7. The Morgan fingerprint density at radius 1 is 1.33 bits per heavy atom. The molecule has 1 aliphatic heterocycles. The van der Waals surface area contributed by atoms with Gasteiger partial charge in [-0.3, -0.25) is 0 Å². The van der Waals surface area contributed by atoms with Crippen LogP contribution in [0.3, 0.4) is 0 Å². The number of hydrogen-bond acceptors (Lipinski definition) is 4. The minimum Gasteiger partial charge on any atom is -0.381 e. The van der Waals surface area contributed by atoms with Crippen molar-refractivity contribution in [1.29, 1.82) is 0 Å². The van der Waals surface area contributed by atoms with Gasteiger partial charge < -0.3 is 9.47 Å². The third-order valence-electron chi connectivity index (χ3n) is 3.38. The van der Waals surface area contributed by atoms with Crippen LogP contribution in [0.25, 0.3) is 0 Å². The summed E-state index contributed by atoms with van der Waals surface area (Å²) in [4.78, 5) is 0. The molecule has 1 fully saturated rings. The van der Waals surface area contributed by atoms with Crippen LogP contribution in [0, 0.1) is 17.8 Å². The lowest BCUT2D eigenvalue weighted by atomic mass is 9.98. The first-order chi connectivity index (χ1) is 8.38. The second-order valence-electron chi connectivity index (χ2n) is 5.30. The van der Waals surface area contributed by atoms with Crippen LogP contribution >= 0.6 is 10.7 Å². The van der Waals surface area contributed by atoms with Crippen molar-refractivity contribution in [2.24, 2.45) is 17.8 Å².